The molecule has 2 aliphatic rings. The molecule has 1 aromatic rings. The summed E-state index contributed by atoms with van der Waals surface area (Å²) in [4.78, 5) is 25.6. The Morgan fingerprint density at radius 2 is 2.00 bits per heavy atom. The van der Waals surface area contributed by atoms with E-state index >= 15 is 0 Å². The maximum atomic E-state index is 14.3. The molecule has 0 unspecified atom stereocenters. The van der Waals surface area contributed by atoms with Crippen LogP contribution in [0.3, 0.4) is 0 Å². The third-order valence-electron chi connectivity index (χ3n) is 4.56. The van der Waals surface area contributed by atoms with Gasteiger partial charge in [-0.1, -0.05) is 0 Å². The van der Waals surface area contributed by atoms with E-state index in [9.17, 15) is 18.4 Å². The molecule has 7 nitrogen and oxygen atoms in total. The number of ether oxygens (including phenoxy) is 2. The summed E-state index contributed by atoms with van der Waals surface area (Å²) in [5.74, 6) is -3.56. The quantitative estimate of drug-likeness (QED) is 0.696. The Labute approximate surface area is 154 Å². The van der Waals surface area contributed by atoms with Gasteiger partial charge in [-0.2, -0.15) is 0 Å². The van der Waals surface area contributed by atoms with Crippen molar-refractivity contribution in [1.82, 2.24) is 4.90 Å². The van der Waals surface area contributed by atoms with E-state index in [4.69, 9.17) is 9.84 Å². The van der Waals surface area contributed by atoms with E-state index in [1.54, 1.807) is 0 Å². The highest BCUT2D eigenvalue weighted by molar-refractivity contribution is 6.08. The minimum absolute atomic E-state index is 0.0153. The average molecular weight is 382 g/mol. The van der Waals surface area contributed by atoms with Crippen LogP contribution in [0.2, 0.25) is 0 Å². The van der Waals surface area contributed by atoms with Crippen molar-refractivity contribution in [1.29, 1.82) is 0 Å². The van der Waals surface area contributed by atoms with Crippen molar-refractivity contribution in [2.75, 3.05) is 32.1 Å². The SMILES string of the molecule is COC(=O)C1=C(Nc2cc(F)c(OC3CCC3)c(F)c2)C(=O)N(CCO)C1. The minimum Gasteiger partial charge on any atom is -0.484 e. The molecule has 27 heavy (non-hydrogen) atoms. The minimum atomic E-state index is -0.901. The number of β-amino-alcohol motifs (C(OH)–C–C–N with tert-alkyl or cyclic N) is 1. The molecule has 1 aliphatic heterocycles. The van der Waals surface area contributed by atoms with Gasteiger partial charge in [0.25, 0.3) is 5.91 Å². The fourth-order valence-corrected chi connectivity index (χ4v) is 2.89. The number of aliphatic hydroxyl groups excluding tert-OH is 1. The molecule has 0 bridgehead atoms. The molecule has 9 heteroatoms. The Hall–Kier alpha value is -2.68. The molecule has 3 rings (SSSR count). The molecule has 1 aromatic carbocycles. The normalized spacial score (nSPS) is 17.2. The Balaban J connectivity index is 1.85. The van der Waals surface area contributed by atoms with Gasteiger partial charge in [0, 0.05) is 24.4 Å². The van der Waals surface area contributed by atoms with Gasteiger partial charge in [-0.25, -0.2) is 13.6 Å². The zero-order chi connectivity index (χ0) is 19.6. The van der Waals surface area contributed by atoms with Crippen molar-refractivity contribution in [3.05, 3.63) is 35.0 Å². The fraction of sp³-hybridized carbons (Fsp3) is 0.444. The molecule has 0 aromatic heterocycles. The highest BCUT2D eigenvalue weighted by Crippen LogP contribution is 2.32. The maximum Gasteiger partial charge on any atom is 0.337 e. The third kappa shape index (κ3) is 3.87. The van der Waals surface area contributed by atoms with E-state index in [0.717, 1.165) is 38.5 Å². The standard InChI is InChI=1S/C18H20F2N2O5/c1-26-18(25)12-9-22(5-6-23)17(24)15(12)21-10-7-13(19)16(14(20)8-10)27-11-3-2-4-11/h7-8,11,21,23H,2-6,9H2,1H3. The van der Waals surface area contributed by atoms with Gasteiger partial charge in [0.1, 0.15) is 5.70 Å². The summed E-state index contributed by atoms with van der Waals surface area (Å²) in [7, 11) is 1.16. The number of rotatable bonds is 7. The lowest BCUT2D eigenvalue weighted by molar-refractivity contribution is -0.136. The second kappa shape index (κ2) is 7.91. The van der Waals surface area contributed by atoms with Crippen LogP contribution in [0.4, 0.5) is 14.5 Å². The predicted molar refractivity (Wildman–Crippen MR) is 91.0 cm³/mol. The van der Waals surface area contributed by atoms with E-state index in [0.29, 0.717) is 0 Å². The number of aliphatic hydroxyl groups is 1. The van der Waals surface area contributed by atoms with Crippen LogP contribution in [0.1, 0.15) is 19.3 Å². The molecule has 1 aliphatic carbocycles. The summed E-state index contributed by atoms with van der Waals surface area (Å²) < 4.78 is 38.5. The lowest BCUT2D eigenvalue weighted by Gasteiger charge is -2.26. The lowest BCUT2D eigenvalue weighted by Crippen LogP contribution is -2.31. The van der Waals surface area contributed by atoms with Crippen LogP contribution in [0.5, 0.6) is 5.75 Å². The number of anilines is 1. The first-order valence-electron chi connectivity index (χ1n) is 8.59. The number of carbonyl (C=O) groups is 2. The van der Waals surface area contributed by atoms with Crippen LogP contribution in [0.25, 0.3) is 0 Å². The average Bonchev–Trinajstić information content (AvgIpc) is 2.89. The van der Waals surface area contributed by atoms with Crippen LogP contribution in [-0.4, -0.2) is 54.8 Å². The number of nitrogens with one attached hydrogen (secondary N) is 1. The summed E-state index contributed by atoms with van der Waals surface area (Å²) in [6, 6.07) is 2.00. The number of halogens is 2. The van der Waals surface area contributed by atoms with Crippen LogP contribution < -0.4 is 10.1 Å². The number of amides is 1. The van der Waals surface area contributed by atoms with E-state index in [1.165, 1.54) is 4.90 Å². The molecule has 0 spiro atoms. The van der Waals surface area contributed by atoms with Gasteiger partial charge in [0.2, 0.25) is 0 Å². The zero-order valence-electron chi connectivity index (χ0n) is 14.8. The van der Waals surface area contributed by atoms with E-state index < -0.39 is 29.3 Å². The summed E-state index contributed by atoms with van der Waals surface area (Å²) >= 11 is 0. The highest BCUT2D eigenvalue weighted by atomic mass is 19.1. The first kappa shape index (κ1) is 19.1. The van der Waals surface area contributed by atoms with Crippen molar-refractivity contribution in [3.8, 4) is 5.75 Å². The molecule has 0 saturated heterocycles. The molecule has 1 saturated carbocycles. The molecular formula is C18H20F2N2O5. The summed E-state index contributed by atoms with van der Waals surface area (Å²) in [5, 5.41) is 11.6. The smallest absolute Gasteiger partial charge is 0.337 e. The Morgan fingerprint density at radius 1 is 1.33 bits per heavy atom. The Bertz CT molecular complexity index is 769. The van der Waals surface area contributed by atoms with Crippen LogP contribution in [0.15, 0.2) is 23.4 Å². The topological polar surface area (TPSA) is 88.1 Å². The van der Waals surface area contributed by atoms with Crippen molar-refractivity contribution in [2.45, 2.75) is 25.4 Å². The maximum absolute atomic E-state index is 14.3. The van der Waals surface area contributed by atoms with Gasteiger partial charge in [0.15, 0.2) is 17.4 Å². The lowest BCUT2D eigenvalue weighted by atomic mass is 9.96. The van der Waals surface area contributed by atoms with Crippen molar-refractivity contribution in [2.24, 2.45) is 0 Å². The Morgan fingerprint density at radius 3 is 2.52 bits per heavy atom. The number of carbonyl (C=O) groups excluding carboxylic acids is 2. The van der Waals surface area contributed by atoms with Gasteiger partial charge >= 0.3 is 5.97 Å². The van der Waals surface area contributed by atoms with Gasteiger partial charge in [-0.15, -0.1) is 0 Å². The zero-order valence-corrected chi connectivity index (χ0v) is 14.8. The largest absolute Gasteiger partial charge is 0.484 e. The van der Waals surface area contributed by atoms with Crippen molar-refractivity contribution >= 4 is 17.6 Å². The first-order chi connectivity index (χ1) is 12.9. The molecule has 0 radical (unpaired) electrons. The molecule has 146 valence electrons. The van der Waals surface area contributed by atoms with Gasteiger partial charge in [0.05, 0.1) is 31.9 Å². The van der Waals surface area contributed by atoms with Crippen LogP contribution >= 0.6 is 0 Å². The van der Waals surface area contributed by atoms with Gasteiger partial charge < -0.3 is 24.8 Å². The van der Waals surface area contributed by atoms with Crippen molar-refractivity contribution < 1.29 is 33.0 Å². The molecule has 1 amide bonds. The summed E-state index contributed by atoms with van der Waals surface area (Å²) in [5.41, 5.74) is -0.158. The number of benzene rings is 1. The molecule has 1 fully saturated rings. The fourth-order valence-electron chi connectivity index (χ4n) is 2.89. The number of esters is 1. The Kier molecular flexibility index (Phi) is 5.59. The van der Waals surface area contributed by atoms with E-state index in [-0.39, 0.29) is 42.8 Å². The molecular weight excluding hydrogens is 362 g/mol. The predicted octanol–water partition coefficient (Wildman–Crippen LogP) is 1.57. The van der Waals surface area contributed by atoms with E-state index in [2.05, 4.69) is 10.1 Å². The number of hydrogen-bond acceptors (Lipinski definition) is 6. The molecule has 0 atom stereocenters. The first-order valence-corrected chi connectivity index (χ1v) is 8.59. The number of methoxy groups -OCH3 is 1. The molecule has 2 N–H and O–H groups in total. The highest BCUT2D eigenvalue weighted by Gasteiger charge is 2.34. The third-order valence-corrected chi connectivity index (χ3v) is 4.56. The van der Waals surface area contributed by atoms with Gasteiger partial charge in [-0.3, -0.25) is 4.79 Å². The van der Waals surface area contributed by atoms with Crippen molar-refractivity contribution in [3.63, 3.8) is 0 Å². The van der Waals surface area contributed by atoms with Crippen LogP contribution in [-0.2, 0) is 14.3 Å². The van der Waals surface area contributed by atoms with Gasteiger partial charge in [-0.05, 0) is 19.3 Å². The summed E-state index contributed by atoms with van der Waals surface area (Å²) in [6.07, 6.45) is 2.28. The summed E-state index contributed by atoms with van der Waals surface area (Å²) in [6.45, 7) is -0.340. The molecule has 1 heterocycles. The monoisotopic (exact) mass is 382 g/mol. The van der Waals surface area contributed by atoms with E-state index in [1.807, 2.05) is 0 Å². The number of nitrogens with zero attached hydrogens (tertiary/aromatic N) is 1. The van der Waals surface area contributed by atoms with Crippen LogP contribution in [0, 0.1) is 11.6 Å². The second-order valence-corrected chi connectivity index (χ2v) is 6.36. The second-order valence-electron chi connectivity index (χ2n) is 6.36. The number of hydrogen-bond donors (Lipinski definition) is 2.